The van der Waals surface area contributed by atoms with Crippen molar-refractivity contribution in [1.29, 1.82) is 0 Å². The third-order valence-electron chi connectivity index (χ3n) is 3.68. The van der Waals surface area contributed by atoms with E-state index < -0.39 is 0 Å². The number of aromatic nitrogens is 2. The van der Waals surface area contributed by atoms with Crippen molar-refractivity contribution < 1.29 is 9.53 Å². The van der Waals surface area contributed by atoms with Crippen LogP contribution in [0.5, 0.6) is 5.88 Å². The lowest BCUT2D eigenvalue weighted by atomic mass is 10.1. The first-order valence-electron chi connectivity index (χ1n) is 7.68. The molecule has 1 unspecified atom stereocenters. The van der Waals surface area contributed by atoms with Gasteiger partial charge in [-0.05, 0) is 43.4 Å². The van der Waals surface area contributed by atoms with Crippen LogP contribution in [0.25, 0.3) is 6.08 Å². The van der Waals surface area contributed by atoms with E-state index in [1.54, 1.807) is 17.4 Å². The Labute approximate surface area is 139 Å². The van der Waals surface area contributed by atoms with Crippen LogP contribution in [-0.2, 0) is 4.79 Å². The van der Waals surface area contributed by atoms with Gasteiger partial charge in [-0.1, -0.05) is 6.07 Å². The summed E-state index contributed by atoms with van der Waals surface area (Å²) in [6.07, 6.45) is 5.33. The average molecular weight is 329 g/mol. The predicted octanol–water partition coefficient (Wildman–Crippen LogP) is 2.93. The maximum absolute atomic E-state index is 12.3. The standard InChI is InChI=1S/C17H19N3O2S/c1-13-6-8-16(19-18-13)22-14-4-2-10-20(12-14)17(21)9-7-15-5-3-11-23-15/h3,5-9,11,14H,2,4,10,12H2,1H3. The van der Waals surface area contributed by atoms with Crippen LogP contribution in [0.3, 0.4) is 0 Å². The first-order valence-corrected chi connectivity index (χ1v) is 8.56. The van der Waals surface area contributed by atoms with E-state index in [4.69, 9.17) is 4.74 Å². The van der Waals surface area contributed by atoms with Crippen molar-refractivity contribution in [3.8, 4) is 5.88 Å². The van der Waals surface area contributed by atoms with Crippen LogP contribution in [-0.4, -0.2) is 40.2 Å². The van der Waals surface area contributed by atoms with Crippen LogP contribution in [0, 0.1) is 6.92 Å². The topological polar surface area (TPSA) is 55.3 Å². The van der Waals surface area contributed by atoms with Gasteiger partial charge in [0.1, 0.15) is 6.10 Å². The highest BCUT2D eigenvalue weighted by Crippen LogP contribution is 2.17. The second-order valence-electron chi connectivity index (χ2n) is 5.53. The zero-order chi connectivity index (χ0) is 16.1. The lowest BCUT2D eigenvalue weighted by Crippen LogP contribution is -2.43. The molecular weight excluding hydrogens is 310 g/mol. The molecule has 23 heavy (non-hydrogen) atoms. The second-order valence-corrected chi connectivity index (χ2v) is 6.51. The molecule has 3 heterocycles. The van der Waals surface area contributed by atoms with Gasteiger partial charge in [0.25, 0.3) is 0 Å². The third kappa shape index (κ3) is 4.39. The molecule has 120 valence electrons. The number of ether oxygens (including phenoxy) is 1. The molecule has 1 saturated heterocycles. The molecule has 3 rings (SSSR count). The number of hydrogen-bond donors (Lipinski definition) is 0. The highest BCUT2D eigenvalue weighted by Gasteiger charge is 2.24. The van der Waals surface area contributed by atoms with Crippen molar-refractivity contribution in [2.24, 2.45) is 0 Å². The second kappa shape index (κ2) is 7.37. The molecule has 1 aliphatic heterocycles. The summed E-state index contributed by atoms with van der Waals surface area (Å²) in [4.78, 5) is 15.2. The summed E-state index contributed by atoms with van der Waals surface area (Å²) < 4.78 is 5.85. The van der Waals surface area contributed by atoms with E-state index in [1.165, 1.54) is 0 Å². The first-order chi connectivity index (χ1) is 11.2. The minimum absolute atomic E-state index is 0.0279. The van der Waals surface area contributed by atoms with Gasteiger partial charge in [-0.15, -0.1) is 16.4 Å². The largest absolute Gasteiger partial charge is 0.471 e. The van der Waals surface area contributed by atoms with E-state index in [2.05, 4.69) is 10.2 Å². The quantitative estimate of drug-likeness (QED) is 0.809. The molecule has 2 aromatic rings. The zero-order valence-corrected chi connectivity index (χ0v) is 13.8. The average Bonchev–Trinajstić information content (AvgIpc) is 3.08. The SMILES string of the molecule is Cc1ccc(OC2CCCN(C(=O)C=Cc3cccs3)C2)nn1. The lowest BCUT2D eigenvalue weighted by molar-refractivity contribution is -0.128. The van der Waals surface area contributed by atoms with Gasteiger partial charge in [0.2, 0.25) is 11.8 Å². The summed E-state index contributed by atoms with van der Waals surface area (Å²) in [6, 6.07) is 7.66. The zero-order valence-electron chi connectivity index (χ0n) is 13.0. The van der Waals surface area contributed by atoms with Crippen LogP contribution in [0.15, 0.2) is 35.7 Å². The van der Waals surface area contributed by atoms with E-state index in [-0.39, 0.29) is 12.0 Å². The van der Waals surface area contributed by atoms with Gasteiger partial charge in [-0.2, -0.15) is 5.10 Å². The van der Waals surface area contributed by atoms with Crippen molar-refractivity contribution in [2.45, 2.75) is 25.9 Å². The van der Waals surface area contributed by atoms with E-state index >= 15 is 0 Å². The van der Waals surface area contributed by atoms with Crippen molar-refractivity contribution in [3.63, 3.8) is 0 Å². The van der Waals surface area contributed by atoms with Gasteiger partial charge in [-0.3, -0.25) is 4.79 Å². The first kappa shape index (κ1) is 15.7. The Kier molecular flexibility index (Phi) is 5.02. The van der Waals surface area contributed by atoms with Gasteiger partial charge < -0.3 is 9.64 Å². The Morgan fingerprint density at radius 1 is 1.39 bits per heavy atom. The molecule has 0 spiro atoms. The number of likely N-dealkylation sites (tertiary alicyclic amines) is 1. The number of piperidine rings is 1. The van der Waals surface area contributed by atoms with Crippen LogP contribution in [0.2, 0.25) is 0 Å². The molecule has 1 aliphatic rings. The number of hydrogen-bond acceptors (Lipinski definition) is 5. The summed E-state index contributed by atoms with van der Waals surface area (Å²) >= 11 is 1.62. The Morgan fingerprint density at radius 3 is 3.04 bits per heavy atom. The molecule has 0 saturated carbocycles. The van der Waals surface area contributed by atoms with Crippen molar-refractivity contribution in [2.75, 3.05) is 13.1 Å². The van der Waals surface area contributed by atoms with Crippen molar-refractivity contribution >= 4 is 23.3 Å². The van der Waals surface area contributed by atoms with Gasteiger partial charge >= 0.3 is 0 Å². The number of carbonyl (C=O) groups excluding carboxylic acids is 1. The fraction of sp³-hybridized carbons (Fsp3) is 0.353. The van der Waals surface area contributed by atoms with Crippen LogP contribution in [0.4, 0.5) is 0 Å². The van der Waals surface area contributed by atoms with Crippen LogP contribution < -0.4 is 4.74 Å². The Morgan fingerprint density at radius 2 is 2.30 bits per heavy atom. The minimum atomic E-state index is -0.0279. The summed E-state index contributed by atoms with van der Waals surface area (Å²) in [6.45, 7) is 3.24. The molecule has 0 N–H and O–H groups in total. The molecule has 0 bridgehead atoms. The lowest BCUT2D eigenvalue weighted by Gasteiger charge is -2.31. The highest BCUT2D eigenvalue weighted by molar-refractivity contribution is 7.10. The van der Waals surface area contributed by atoms with Gasteiger partial charge in [0.15, 0.2) is 0 Å². The Bertz CT molecular complexity index is 668. The van der Waals surface area contributed by atoms with Crippen LogP contribution in [0.1, 0.15) is 23.4 Å². The number of carbonyl (C=O) groups is 1. The molecule has 1 amide bonds. The summed E-state index contributed by atoms with van der Waals surface area (Å²) in [5, 5.41) is 10.0. The molecule has 6 heteroatoms. The van der Waals surface area contributed by atoms with E-state index in [0.29, 0.717) is 12.4 Å². The Hall–Kier alpha value is -2.21. The number of amides is 1. The molecule has 0 aromatic carbocycles. The number of thiophene rings is 1. The predicted molar refractivity (Wildman–Crippen MR) is 90.4 cm³/mol. The minimum Gasteiger partial charge on any atom is -0.471 e. The monoisotopic (exact) mass is 329 g/mol. The molecule has 5 nitrogen and oxygen atoms in total. The number of aryl methyl sites for hydroxylation is 1. The highest BCUT2D eigenvalue weighted by atomic mass is 32.1. The van der Waals surface area contributed by atoms with E-state index in [1.807, 2.05) is 47.5 Å². The molecule has 1 fully saturated rings. The summed E-state index contributed by atoms with van der Waals surface area (Å²) in [5.41, 5.74) is 0.858. The van der Waals surface area contributed by atoms with Gasteiger partial charge in [0.05, 0.1) is 12.2 Å². The van der Waals surface area contributed by atoms with Gasteiger partial charge in [0, 0.05) is 23.6 Å². The van der Waals surface area contributed by atoms with Crippen LogP contribution >= 0.6 is 11.3 Å². The van der Waals surface area contributed by atoms with Gasteiger partial charge in [-0.25, -0.2) is 0 Å². The Balaban J connectivity index is 1.57. The number of rotatable bonds is 4. The molecule has 0 radical (unpaired) electrons. The summed E-state index contributed by atoms with van der Waals surface area (Å²) in [5.74, 6) is 0.547. The molecular formula is C17H19N3O2S. The fourth-order valence-corrected chi connectivity index (χ4v) is 3.12. The maximum atomic E-state index is 12.3. The fourth-order valence-electron chi connectivity index (χ4n) is 2.50. The van der Waals surface area contributed by atoms with Crippen molar-refractivity contribution in [1.82, 2.24) is 15.1 Å². The van der Waals surface area contributed by atoms with E-state index in [9.17, 15) is 4.79 Å². The molecule has 0 aliphatic carbocycles. The summed E-state index contributed by atoms with van der Waals surface area (Å²) in [7, 11) is 0. The molecule has 2 aromatic heterocycles. The third-order valence-corrected chi connectivity index (χ3v) is 4.52. The van der Waals surface area contributed by atoms with E-state index in [0.717, 1.165) is 30.0 Å². The normalized spacial score (nSPS) is 18.3. The smallest absolute Gasteiger partial charge is 0.246 e. The number of nitrogens with zero attached hydrogens (tertiary/aromatic N) is 3. The van der Waals surface area contributed by atoms with Crippen molar-refractivity contribution in [3.05, 3.63) is 46.3 Å². The molecule has 1 atom stereocenters. The maximum Gasteiger partial charge on any atom is 0.246 e.